The van der Waals surface area contributed by atoms with Crippen LogP contribution >= 0.6 is 11.8 Å². The molecule has 3 heteroatoms. The standard InChI is InChI=1S/C5H10N2S.C2H6/c1-7-3-2-4-8-5(7)6;1-2/h6H,2-4H2,1H3;1-2H3. The van der Waals surface area contributed by atoms with Gasteiger partial charge in [0.15, 0.2) is 5.17 Å². The van der Waals surface area contributed by atoms with Crippen LogP contribution in [0.15, 0.2) is 0 Å². The van der Waals surface area contributed by atoms with Gasteiger partial charge in [0.2, 0.25) is 0 Å². The van der Waals surface area contributed by atoms with Crippen LogP contribution in [-0.2, 0) is 0 Å². The van der Waals surface area contributed by atoms with Gasteiger partial charge in [-0.3, -0.25) is 5.41 Å². The van der Waals surface area contributed by atoms with E-state index in [9.17, 15) is 0 Å². The second kappa shape index (κ2) is 5.59. The summed E-state index contributed by atoms with van der Waals surface area (Å²) in [5, 5.41) is 8.00. The molecule has 1 aliphatic heterocycles. The molecule has 1 N–H and O–H groups in total. The van der Waals surface area contributed by atoms with Crippen LogP contribution in [-0.4, -0.2) is 29.4 Å². The zero-order chi connectivity index (χ0) is 7.98. The molecule has 0 aliphatic carbocycles. The summed E-state index contributed by atoms with van der Waals surface area (Å²) in [5.74, 6) is 1.13. The lowest BCUT2D eigenvalue weighted by molar-refractivity contribution is 0.502. The van der Waals surface area contributed by atoms with Gasteiger partial charge in [-0.25, -0.2) is 0 Å². The molecule has 0 saturated carbocycles. The Balaban J connectivity index is 0.000000371. The maximum Gasteiger partial charge on any atom is 0.156 e. The summed E-state index contributed by atoms with van der Waals surface area (Å²) in [6.07, 6.45) is 1.23. The van der Waals surface area contributed by atoms with Crippen LogP contribution in [0.5, 0.6) is 0 Å². The number of thioether (sulfide) groups is 1. The number of hydrogen-bond donors (Lipinski definition) is 1. The fourth-order valence-corrected chi connectivity index (χ4v) is 1.46. The monoisotopic (exact) mass is 160 g/mol. The summed E-state index contributed by atoms with van der Waals surface area (Å²) in [6, 6.07) is 0. The molecule has 1 saturated heterocycles. The number of amidine groups is 1. The summed E-state index contributed by atoms with van der Waals surface area (Å²) in [7, 11) is 1.97. The van der Waals surface area contributed by atoms with Crippen LogP contribution in [0.25, 0.3) is 0 Å². The van der Waals surface area contributed by atoms with Gasteiger partial charge in [-0.1, -0.05) is 25.6 Å². The molecule has 0 aromatic heterocycles. The highest BCUT2D eigenvalue weighted by molar-refractivity contribution is 8.13. The maximum atomic E-state index is 7.28. The molecule has 0 bridgehead atoms. The fraction of sp³-hybridized carbons (Fsp3) is 0.857. The molecule has 1 aliphatic rings. The Labute approximate surface area is 67.5 Å². The molecule has 0 amide bonds. The highest BCUT2D eigenvalue weighted by Gasteiger charge is 2.09. The van der Waals surface area contributed by atoms with E-state index >= 15 is 0 Å². The first kappa shape index (κ1) is 9.82. The molecule has 10 heavy (non-hydrogen) atoms. The van der Waals surface area contributed by atoms with Gasteiger partial charge in [0.1, 0.15) is 0 Å². The lowest BCUT2D eigenvalue weighted by Crippen LogP contribution is -2.28. The molecule has 1 rings (SSSR count). The molecule has 0 aromatic carbocycles. The van der Waals surface area contributed by atoms with Crippen molar-refractivity contribution in [2.45, 2.75) is 20.3 Å². The zero-order valence-electron chi connectivity index (χ0n) is 6.98. The average molecular weight is 160 g/mol. The zero-order valence-corrected chi connectivity index (χ0v) is 7.79. The second-order valence-corrected chi connectivity index (χ2v) is 3.01. The van der Waals surface area contributed by atoms with Gasteiger partial charge in [-0.2, -0.15) is 0 Å². The van der Waals surface area contributed by atoms with Crippen molar-refractivity contribution in [3.63, 3.8) is 0 Å². The third-order valence-corrected chi connectivity index (χ3v) is 2.30. The summed E-state index contributed by atoms with van der Waals surface area (Å²) in [4.78, 5) is 1.98. The first-order valence-corrected chi connectivity index (χ1v) is 4.72. The first-order valence-electron chi connectivity index (χ1n) is 3.73. The van der Waals surface area contributed by atoms with E-state index < -0.39 is 0 Å². The van der Waals surface area contributed by atoms with Gasteiger partial charge in [0.05, 0.1) is 0 Å². The van der Waals surface area contributed by atoms with Crippen molar-refractivity contribution < 1.29 is 0 Å². The fourth-order valence-electron chi connectivity index (χ4n) is 0.682. The van der Waals surface area contributed by atoms with Crippen molar-refractivity contribution in [2.75, 3.05) is 19.3 Å². The van der Waals surface area contributed by atoms with Gasteiger partial charge in [-0.05, 0) is 6.42 Å². The normalized spacial score (nSPS) is 17.9. The lowest BCUT2D eigenvalue weighted by atomic mass is 10.4. The van der Waals surface area contributed by atoms with Gasteiger partial charge in [0.25, 0.3) is 0 Å². The van der Waals surface area contributed by atoms with E-state index in [1.807, 2.05) is 25.8 Å². The average Bonchev–Trinajstić information content (AvgIpc) is 2.00. The number of nitrogens with zero attached hydrogens (tertiary/aromatic N) is 1. The van der Waals surface area contributed by atoms with Crippen LogP contribution in [0.4, 0.5) is 0 Å². The van der Waals surface area contributed by atoms with Crippen molar-refractivity contribution in [1.29, 1.82) is 5.41 Å². The molecule has 0 aromatic rings. The van der Waals surface area contributed by atoms with Gasteiger partial charge >= 0.3 is 0 Å². The van der Waals surface area contributed by atoms with Gasteiger partial charge in [0, 0.05) is 19.3 Å². The summed E-state index contributed by atoms with van der Waals surface area (Å²) in [5.41, 5.74) is 0. The van der Waals surface area contributed by atoms with Crippen LogP contribution in [0.2, 0.25) is 0 Å². The van der Waals surface area contributed by atoms with E-state index in [1.54, 1.807) is 11.8 Å². The minimum atomic E-state index is 0.719. The summed E-state index contributed by atoms with van der Waals surface area (Å²) >= 11 is 1.64. The highest BCUT2D eigenvalue weighted by atomic mass is 32.2. The molecule has 1 fully saturated rings. The van der Waals surface area contributed by atoms with Crippen molar-refractivity contribution >= 4 is 16.9 Å². The van der Waals surface area contributed by atoms with E-state index in [2.05, 4.69) is 0 Å². The minimum Gasteiger partial charge on any atom is -0.355 e. The molecule has 0 unspecified atom stereocenters. The molecule has 60 valence electrons. The Bertz CT molecular complexity index is 104. The molecule has 0 radical (unpaired) electrons. The topological polar surface area (TPSA) is 27.1 Å². The smallest absolute Gasteiger partial charge is 0.156 e. The van der Waals surface area contributed by atoms with E-state index in [0.29, 0.717) is 0 Å². The Hall–Kier alpha value is -0.180. The molecule has 0 atom stereocenters. The van der Waals surface area contributed by atoms with E-state index in [-0.39, 0.29) is 0 Å². The Morgan fingerprint density at radius 3 is 2.40 bits per heavy atom. The maximum absolute atomic E-state index is 7.28. The third kappa shape index (κ3) is 3.11. The molecule has 1 heterocycles. The van der Waals surface area contributed by atoms with Crippen molar-refractivity contribution in [3.8, 4) is 0 Å². The van der Waals surface area contributed by atoms with E-state index in [1.165, 1.54) is 6.42 Å². The van der Waals surface area contributed by atoms with Crippen molar-refractivity contribution in [3.05, 3.63) is 0 Å². The quantitative estimate of drug-likeness (QED) is 0.587. The van der Waals surface area contributed by atoms with E-state index in [0.717, 1.165) is 17.5 Å². The molecular formula is C7H16N2S. The Kier molecular flexibility index (Phi) is 5.49. The minimum absolute atomic E-state index is 0.719. The summed E-state index contributed by atoms with van der Waals surface area (Å²) < 4.78 is 0. The SMILES string of the molecule is CC.CN1CCCSC1=N. The van der Waals surface area contributed by atoms with Crippen molar-refractivity contribution in [2.24, 2.45) is 0 Å². The first-order chi connectivity index (χ1) is 4.80. The van der Waals surface area contributed by atoms with Crippen LogP contribution < -0.4 is 0 Å². The summed E-state index contributed by atoms with van der Waals surface area (Å²) in [6.45, 7) is 5.06. The predicted octanol–water partition coefficient (Wildman–Crippen LogP) is 2.02. The van der Waals surface area contributed by atoms with E-state index in [4.69, 9.17) is 5.41 Å². The molecule has 2 nitrogen and oxygen atoms in total. The predicted molar refractivity (Wildman–Crippen MR) is 48.8 cm³/mol. The van der Waals surface area contributed by atoms with Gasteiger partial charge in [-0.15, -0.1) is 0 Å². The van der Waals surface area contributed by atoms with Crippen LogP contribution in [0.1, 0.15) is 20.3 Å². The molecular weight excluding hydrogens is 144 g/mol. The Morgan fingerprint density at radius 2 is 2.10 bits per heavy atom. The third-order valence-electron chi connectivity index (χ3n) is 1.22. The number of hydrogen-bond acceptors (Lipinski definition) is 2. The van der Waals surface area contributed by atoms with Crippen molar-refractivity contribution in [1.82, 2.24) is 4.90 Å². The highest BCUT2D eigenvalue weighted by Crippen LogP contribution is 2.13. The Morgan fingerprint density at radius 1 is 1.50 bits per heavy atom. The lowest BCUT2D eigenvalue weighted by Gasteiger charge is -2.23. The number of rotatable bonds is 0. The van der Waals surface area contributed by atoms with Crippen LogP contribution in [0, 0.1) is 5.41 Å². The van der Waals surface area contributed by atoms with Gasteiger partial charge < -0.3 is 4.90 Å². The number of nitrogens with one attached hydrogen (secondary N) is 1. The largest absolute Gasteiger partial charge is 0.355 e. The second-order valence-electron chi connectivity index (χ2n) is 1.93. The van der Waals surface area contributed by atoms with Crippen LogP contribution in [0.3, 0.4) is 0 Å². The molecule has 0 spiro atoms.